The van der Waals surface area contributed by atoms with Crippen molar-refractivity contribution in [2.45, 2.75) is 147 Å². The van der Waals surface area contributed by atoms with Crippen molar-refractivity contribution in [3.8, 4) is 22.6 Å². The lowest BCUT2D eigenvalue weighted by atomic mass is 9.97. The highest BCUT2D eigenvalue weighted by molar-refractivity contribution is 7.99. The first-order valence-corrected chi connectivity index (χ1v) is 47.6. The number of Topliss-reactive ketones (excluding diaryl/α,β-unsaturated/α-hetero) is 1. The fourth-order valence-electron chi connectivity index (χ4n) is 14.6. The molecule has 4 atom stereocenters. The molecule has 30 nitrogen and oxygen atoms in total. The number of aromatic amines is 1. The number of aromatic nitrogens is 2. The van der Waals surface area contributed by atoms with Gasteiger partial charge in [-0.15, -0.1) is 0 Å². The second-order valence-corrected chi connectivity index (χ2v) is 34.3. The standard InChI is InChI=1S/C41H43N3O7S.C22H25N3O3.C17H22N2O3.C16H16N2O2.C14H20N2O3/c45-26-28-17-19-29(20-18-28)35-25-34(27-52-41-43-38(30-11-5-3-6-12-30)39(51-41)31-13-7-4-8-14-31)49-40(50-35)32-21-23-33(24-22-32)42-36(46)15-9-1-2-10-16-37(47)44-48;26-14-13-25(12-11-20-15-19-3-1-2-4-21(19)23-20)16-18-7-5-17(6-8-18)9-10-22(27)24-28;1-12(5-10-16(20)18-22)11-13(2)17(21)14-6-8-15(9-7-14)19(3)4;19-16(18-20)11-8-13-6-9-15(10-7-13)17-12-14-4-2-1-3-5-14;17-13(15-12-8-4-3-5-9-12)10-6-1-2-7-11-14(18)16-19/h3-8,11-14,17-24,34-35,40,45,48H,1-2,9-10,15-16,25-27H2,(H,42,46)(H,44,47);1-10,15,23,26,28H,11-14,16H2,(H,24,27);5-11,13,22H,1-4H3,(H,18,20);1-11,17,20H,12H2,(H,18,19);3-5,8-9,19H,1-2,6-7,10-11H2,(H,15,17)(H,16,18)/b;10-9+;10-5+,12-11+;11-8+;/t34-,35+,40+;;13-;;/m1.1../s1. The highest BCUT2D eigenvalue weighted by atomic mass is 32.2. The molecule has 1 fully saturated rings. The third-order valence-corrected chi connectivity index (χ3v) is 23.2. The number of H-pyrrole nitrogens is 1. The summed E-state index contributed by atoms with van der Waals surface area (Å²) in [4.78, 5) is 104. The van der Waals surface area contributed by atoms with E-state index in [1.54, 1.807) is 53.1 Å². The largest absolute Gasteiger partial charge is 0.431 e. The van der Waals surface area contributed by atoms with Crippen molar-refractivity contribution in [2.24, 2.45) is 5.92 Å². The van der Waals surface area contributed by atoms with Crippen molar-refractivity contribution in [1.29, 1.82) is 0 Å². The number of rotatable bonds is 44. The van der Waals surface area contributed by atoms with Crippen LogP contribution in [-0.4, -0.2) is 144 Å². The van der Waals surface area contributed by atoms with E-state index in [1.807, 2.05) is 269 Å². The maximum absolute atomic E-state index is 12.6. The van der Waals surface area contributed by atoms with E-state index in [9.17, 15) is 48.6 Å². The Morgan fingerprint density at radius 1 is 0.496 bits per heavy atom. The van der Waals surface area contributed by atoms with Gasteiger partial charge in [0, 0.05) is 165 Å². The van der Waals surface area contributed by atoms with Gasteiger partial charge in [-0.2, -0.15) is 0 Å². The van der Waals surface area contributed by atoms with Crippen LogP contribution in [0, 0.1) is 5.92 Å². The average Bonchev–Trinajstić information content (AvgIpc) is 1.71. The zero-order valence-electron chi connectivity index (χ0n) is 79.6. The molecular formula is C110H126N12O18S. The van der Waals surface area contributed by atoms with Crippen molar-refractivity contribution >= 4 is 105 Å². The van der Waals surface area contributed by atoms with E-state index < -0.39 is 29.9 Å². The summed E-state index contributed by atoms with van der Waals surface area (Å²) in [5, 5.41) is 72.0. The zero-order valence-corrected chi connectivity index (χ0v) is 80.4. The van der Waals surface area contributed by atoms with Gasteiger partial charge in [-0.1, -0.05) is 262 Å². The number of nitrogens with one attached hydrogen (secondary N) is 9. The Hall–Kier alpha value is -14.6. The van der Waals surface area contributed by atoms with Gasteiger partial charge in [-0.3, -0.25) is 69.3 Å². The summed E-state index contributed by atoms with van der Waals surface area (Å²) < 4.78 is 19.4. The SMILES string of the molecule is CC(/C=C/C(=O)NO)=C\[C@@H](C)C(=O)c1ccc(N(C)C)cc1.O=C(/C=C/c1ccc(CN(CCO)CCc2cc3ccccc3[nH]2)cc1)NO.O=C(/C=C/c1ccc(NCc2ccccc2)cc1)NO.O=C(CCCCCCC(=O)Nc1ccc([C@H]2O[C@@H](CSc3nc(-c4ccccc4)c(-c4ccccc4)o3)C[C@@H](c3ccc(CO)cc3)O2)cc1)NO.O=C(CCCCCCC(=O)Nc1ccccc1)NO. The maximum atomic E-state index is 12.6. The van der Waals surface area contributed by atoms with Gasteiger partial charge in [0.25, 0.3) is 22.9 Å². The molecule has 0 spiro atoms. The highest BCUT2D eigenvalue weighted by Crippen LogP contribution is 2.42. The molecule has 0 aliphatic carbocycles. The second-order valence-electron chi connectivity index (χ2n) is 33.3. The quantitative estimate of drug-likeness (QED) is 0.00321. The lowest BCUT2D eigenvalue weighted by molar-refractivity contribution is -0.245. The monoisotopic (exact) mass is 1930 g/mol. The smallest absolute Gasteiger partial charge is 0.267 e. The number of carbonyl (C=O) groups is 8. The van der Waals surface area contributed by atoms with E-state index >= 15 is 0 Å². The summed E-state index contributed by atoms with van der Waals surface area (Å²) >= 11 is 1.51. The lowest BCUT2D eigenvalue weighted by Crippen LogP contribution is -2.31. The molecule has 2 aromatic heterocycles. The summed E-state index contributed by atoms with van der Waals surface area (Å²) in [5.74, 6) is -1.51. The Morgan fingerprint density at radius 2 is 0.993 bits per heavy atom. The maximum Gasteiger partial charge on any atom is 0.267 e. The topological polar surface area (TPSA) is 441 Å². The fourth-order valence-corrected chi connectivity index (χ4v) is 15.5. The van der Waals surface area contributed by atoms with Crippen LogP contribution in [0.15, 0.2) is 319 Å². The summed E-state index contributed by atoms with van der Waals surface area (Å²) in [5.41, 5.74) is 24.6. The van der Waals surface area contributed by atoms with E-state index in [4.69, 9.17) is 44.9 Å². The number of amides is 7. The molecule has 0 unspecified atom stereocenters. The van der Waals surface area contributed by atoms with Crippen LogP contribution in [0.1, 0.15) is 165 Å². The van der Waals surface area contributed by atoms with Crippen LogP contribution in [-0.2, 0) is 69.2 Å². The molecule has 3 heterocycles. The summed E-state index contributed by atoms with van der Waals surface area (Å²) in [6.07, 6.45) is 18.5. The zero-order chi connectivity index (χ0) is 101. The first kappa shape index (κ1) is 110. The van der Waals surface area contributed by atoms with Gasteiger partial charge in [0.15, 0.2) is 17.8 Å². The molecule has 16 N–H and O–H groups in total. The fraction of sp³-hybridized carbons (Fsp3) is 0.264. The van der Waals surface area contributed by atoms with Crippen LogP contribution in [0.4, 0.5) is 22.7 Å². The Morgan fingerprint density at radius 3 is 1.53 bits per heavy atom. The number of nitrogens with zero attached hydrogens (tertiary/aromatic N) is 3. The van der Waals surface area contributed by atoms with Crippen LogP contribution >= 0.6 is 11.8 Å². The summed E-state index contributed by atoms with van der Waals surface area (Å²) in [6, 6.07) is 88.2. The predicted molar refractivity (Wildman–Crippen MR) is 548 cm³/mol. The first-order valence-electron chi connectivity index (χ1n) is 46.6. The minimum Gasteiger partial charge on any atom is -0.431 e. The van der Waals surface area contributed by atoms with Crippen LogP contribution in [0.2, 0.25) is 0 Å². The average molecular weight is 1940 g/mol. The van der Waals surface area contributed by atoms with Crippen molar-refractivity contribution in [3.63, 3.8) is 0 Å². The van der Waals surface area contributed by atoms with E-state index in [2.05, 4.69) is 56.2 Å². The number of thioether (sulfide) groups is 1. The lowest BCUT2D eigenvalue weighted by Gasteiger charge is -2.36. The second kappa shape index (κ2) is 61.7. The molecule has 0 bridgehead atoms. The van der Waals surface area contributed by atoms with Crippen molar-refractivity contribution in [1.82, 2.24) is 42.3 Å². The van der Waals surface area contributed by atoms with Gasteiger partial charge in [0.2, 0.25) is 23.6 Å². The van der Waals surface area contributed by atoms with E-state index in [0.717, 1.165) is 149 Å². The third kappa shape index (κ3) is 40.4. The van der Waals surface area contributed by atoms with Crippen LogP contribution < -0.4 is 48.3 Å². The Kier molecular flexibility index (Phi) is 48.1. The number of benzene rings is 10. The number of anilines is 4. The van der Waals surface area contributed by atoms with Gasteiger partial charge in [-0.05, 0) is 156 Å². The molecular weight excluding hydrogens is 1810 g/mol. The molecule has 1 saturated heterocycles. The van der Waals surface area contributed by atoms with Gasteiger partial charge in [0.05, 0.1) is 25.4 Å². The number of aliphatic hydroxyl groups is 2. The number of ketones is 1. The Labute approximate surface area is 825 Å². The number of carbonyl (C=O) groups excluding carboxylic acids is 8. The number of fused-ring (bicyclic) bond motifs is 1. The van der Waals surface area contributed by atoms with Crippen molar-refractivity contribution in [2.75, 3.05) is 60.4 Å². The number of hydrogen-bond acceptors (Lipinski definition) is 23. The minimum atomic E-state index is -0.649. The minimum absolute atomic E-state index is 0.0132. The normalized spacial score (nSPS) is 13.4. The van der Waals surface area contributed by atoms with Crippen molar-refractivity contribution < 1.29 is 88.5 Å². The molecule has 740 valence electrons. The molecule has 31 heteroatoms. The number of hydrogen-bond donors (Lipinski definition) is 16. The third-order valence-electron chi connectivity index (χ3n) is 22.2. The molecule has 0 saturated carbocycles. The van der Waals surface area contributed by atoms with Crippen LogP contribution in [0.5, 0.6) is 0 Å². The van der Waals surface area contributed by atoms with Gasteiger partial charge >= 0.3 is 0 Å². The molecule has 1 aliphatic heterocycles. The molecule has 1 aliphatic rings. The van der Waals surface area contributed by atoms with Gasteiger partial charge in [0.1, 0.15) is 5.69 Å². The number of aliphatic hydroxyl groups excluding tert-OH is 2. The first-order chi connectivity index (χ1) is 68.5. The van der Waals surface area contributed by atoms with Gasteiger partial charge < -0.3 is 49.9 Å². The van der Waals surface area contributed by atoms with Crippen LogP contribution in [0.25, 0.3) is 45.6 Å². The molecule has 141 heavy (non-hydrogen) atoms. The van der Waals surface area contributed by atoms with Crippen molar-refractivity contribution in [3.05, 3.63) is 359 Å². The number of oxazole rings is 1. The van der Waals surface area contributed by atoms with Crippen LogP contribution in [0.3, 0.4) is 0 Å². The molecule has 13 rings (SSSR count). The molecule has 7 amide bonds. The number of para-hydroxylation sites is 2. The van der Waals surface area contributed by atoms with E-state index in [0.29, 0.717) is 67.3 Å². The van der Waals surface area contributed by atoms with E-state index in [1.165, 1.54) is 52.1 Å². The molecule has 10 aromatic carbocycles. The van der Waals surface area contributed by atoms with Gasteiger partial charge in [-0.25, -0.2) is 32.4 Å². The molecule has 0 radical (unpaired) electrons. The Balaban J connectivity index is 0.000000212. The predicted octanol–water partition coefficient (Wildman–Crippen LogP) is 19.2. The highest BCUT2D eigenvalue weighted by Gasteiger charge is 2.33. The number of unbranched alkanes of at least 4 members (excludes halogenated alkanes) is 6. The number of allylic oxidation sites excluding steroid dienone is 3. The summed E-state index contributed by atoms with van der Waals surface area (Å²) in [7, 11) is 3.89. The van der Waals surface area contributed by atoms with E-state index in [-0.39, 0.29) is 61.3 Å². The number of ether oxygens (including phenoxy) is 2. The summed E-state index contributed by atoms with van der Waals surface area (Å²) in [6.45, 7) is 6.64. The molecule has 12 aromatic rings. The Bertz CT molecular complexity index is 5840. The number of hydroxylamine groups is 5.